The van der Waals surface area contributed by atoms with Gasteiger partial charge in [0.25, 0.3) is 5.91 Å². The van der Waals surface area contributed by atoms with Gasteiger partial charge in [0, 0.05) is 18.0 Å². The number of ether oxygens (including phenoxy) is 1. The molecule has 0 aliphatic rings. The average Bonchev–Trinajstić information content (AvgIpc) is 3.08. The van der Waals surface area contributed by atoms with Crippen LogP contribution in [0.15, 0.2) is 48.5 Å². The van der Waals surface area contributed by atoms with E-state index in [0.29, 0.717) is 23.7 Å². The predicted molar refractivity (Wildman–Crippen MR) is 103 cm³/mol. The Balaban J connectivity index is 1.33. The van der Waals surface area contributed by atoms with Gasteiger partial charge in [0.15, 0.2) is 6.61 Å². The van der Waals surface area contributed by atoms with Crippen molar-refractivity contribution in [2.24, 2.45) is 0 Å². The highest BCUT2D eigenvalue weighted by Gasteiger charge is 2.07. The minimum Gasteiger partial charge on any atom is -0.484 e. The van der Waals surface area contributed by atoms with E-state index in [1.54, 1.807) is 24.3 Å². The van der Waals surface area contributed by atoms with E-state index in [2.05, 4.69) is 20.6 Å². The summed E-state index contributed by atoms with van der Waals surface area (Å²) in [5.41, 5.74) is 1.86. The van der Waals surface area contributed by atoms with Gasteiger partial charge in [-0.05, 0) is 36.4 Å². The van der Waals surface area contributed by atoms with Crippen LogP contribution in [0.4, 0.5) is 0 Å². The number of halogens is 1. The Bertz CT molecular complexity index is 891. The molecule has 140 valence electrons. The van der Waals surface area contributed by atoms with Crippen molar-refractivity contribution in [2.45, 2.75) is 6.42 Å². The van der Waals surface area contributed by atoms with Gasteiger partial charge in [-0.25, -0.2) is 4.98 Å². The minimum atomic E-state index is -0.377. The number of carbonyl (C=O) groups excluding carboxylic acids is 2. The summed E-state index contributed by atoms with van der Waals surface area (Å²) in [5.74, 6) is 0.685. The van der Waals surface area contributed by atoms with Crippen LogP contribution in [0.3, 0.4) is 0 Å². The van der Waals surface area contributed by atoms with E-state index in [1.165, 1.54) is 0 Å². The number of hydrogen-bond acceptors (Lipinski definition) is 4. The van der Waals surface area contributed by atoms with Gasteiger partial charge in [0.1, 0.15) is 11.6 Å². The Morgan fingerprint density at radius 3 is 2.59 bits per heavy atom. The van der Waals surface area contributed by atoms with E-state index in [9.17, 15) is 9.59 Å². The van der Waals surface area contributed by atoms with Crippen molar-refractivity contribution in [3.05, 3.63) is 59.4 Å². The van der Waals surface area contributed by atoms with E-state index < -0.39 is 0 Å². The van der Waals surface area contributed by atoms with Crippen LogP contribution in [-0.2, 0) is 16.0 Å². The Morgan fingerprint density at radius 2 is 1.81 bits per heavy atom. The lowest BCUT2D eigenvalue weighted by molar-refractivity contribution is -0.127. The standard InChI is InChI=1S/C19H19ClN4O3/c20-13-5-7-14(8-6-13)27-12-19(26)22-11-18(25)21-10-9-17-23-15-3-1-2-4-16(15)24-17/h1-8H,9-12H2,(H,21,25)(H,22,26)(H,23,24). The fourth-order valence-electron chi connectivity index (χ4n) is 2.42. The van der Waals surface area contributed by atoms with Crippen molar-refractivity contribution in [1.29, 1.82) is 0 Å². The van der Waals surface area contributed by atoms with Crippen LogP contribution in [0.1, 0.15) is 5.82 Å². The molecule has 0 aliphatic heterocycles. The monoisotopic (exact) mass is 386 g/mol. The van der Waals surface area contributed by atoms with E-state index in [1.807, 2.05) is 24.3 Å². The molecule has 0 aliphatic carbocycles. The Hall–Kier alpha value is -3.06. The third kappa shape index (κ3) is 5.72. The highest BCUT2D eigenvalue weighted by atomic mass is 35.5. The second-order valence-electron chi connectivity index (χ2n) is 5.82. The number of aromatic amines is 1. The van der Waals surface area contributed by atoms with Crippen molar-refractivity contribution in [2.75, 3.05) is 19.7 Å². The second-order valence-corrected chi connectivity index (χ2v) is 6.26. The second kappa shape index (κ2) is 9.05. The summed E-state index contributed by atoms with van der Waals surface area (Å²) in [6, 6.07) is 14.4. The third-order valence-corrected chi connectivity index (χ3v) is 4.00. The molecule has 0 fully saturated rings. The van der Waals surface area contributed by atoms with Crippen molar-refractivity contribution < 1.29 is 14.3 Å². The van der Waals surface area contributed by atoms with Crippen LogP contribution in [0.5, 0.6) is 5.75 Å². The van der Waals surface area contributed by atoms with Crippen molar-refractivity contribution in [1.82, 2.24) is 20.6 Å². The first-order valence-electron chi connectivity index (χ1n) is 8.45. The quantitative estimate of drug-likeness (QED) is 0.552. The molecular formula is C19H19ClN4O3. The molecule has 0 saturated carbocycles. The van der Waals surface area contributed by atoms with E-state index >= 15 is 0 Å². The van der Waals surface area contributed by atoms with Crippen LogP contribution in [0.25, 0.3) is 11.0 Å². The maximum atomic E-state index is 11.8. The molecule has 27 heavy (non-hydrogen) atoms. The summed E-state index contributed by atoms with van der Waals surface area (Å²) in [4.78, 5) is 31.2. The molecule has 2 aromatic carbocycles. The number of H-pyrrole nitrogens is 1. The van der Waals surface area contributed by atoms with Gasteiger partial charge < -0.3 is 20.4 Å². The number of carbonyl (C=O) groups is 2. The minimum absolute atomic E-state index is 0.108. The van der Waals surface area contributed by atoms with Crippen molar-refractivity contribution >= 4 is 34.4 Å². The molecule has 7 nitrogen and oxygen atoms in total. The molecule has 0 atom stereocenters. The number of fused-ring (bicyclic) bond motifs is 1. The summed E-state index contributed by atoms with van der Waals surface area (Å²) in [7, 11) is 0. The normalized spacial score (nSPS) is 10.6. The molecule has 0 bridgehead atoms. The van der Waals surface area contributed by atoms with Gasteiger partial charge in [-0.3, -0.25) is 9.59 Å². The van der Waals surface area contributed by atoms with Crippen LogP contribution in [0.2, 0.25) is 5.02 Å². The topological polar surface area (TPSA) is 96.1 Å². The Labute approximate surface area is 161 Å². The number of aromatic nitrogens is 2. The average molecular weight is 387 g/mol. The lowest BCUT2D eigenvalue weighted by Gasteiger charge is -2.08. The molecule has 3 rings (SSSR count). The van der Waals surface area contributed by atoms with Crippen molar-refractivity contribution in [3.63, 3.8) is 0 Å². The third-order valence-electron chi connectivity index (χ3n) is 3.75. The molecule has 2 amide bonds. The zero-order valence-corrected chi connectivity index (χ0v) is 15.3. The molecule has 0 unspecified atom stereocenters. The molecule has 1 heterocycles. The summed E-state index contributed by atoms with van der Waals surface area (Å²) in [5, 5.41) is 5.84. The van der Waals surface area contributed by atoms with Gasteiger partial charge in [0.05, 0.1) is 17.6 Å². The number of para-hydroxylation sites is 2. The van der Waals surface area contributed by atoms with Crippen LogP contribution in [-0.4, -0.2) is 41.5 Å². The lowest BCUT2D eigenvalue weighted by Crippen LogP contribution is -2.39. The van der Waals surface area contributed by atoms with Gasteiger partial charge >= 0.3 is 0 Å². The lowest BCUT2D eigenvalue weighted by atomic mass is 10.3. The highest BCUT2D eigenvalue weighted by Crippen LogP contribution is 2.15. The fourth-order valence-corrected chi connectivity index (χ4v) is 2.54. The van der Waals surface area contributed by atoms with Gasteiger partial charge in [-0.15, -0.1) is 0 Å². The zero-order valence-electron chi connectivity index (χ0n) is 14.5. The summed E-state index contributed by atoms with van der Waals surface area (Å²) in [6.45, 7) is 0.145. The molecule has 0 radical (unpaired) electrons. The molecule has 3 aromatic rings. The van der Waals surface area contributed by atoms with Crippen LogP contribution >= 0.6 is 11.6 Å². The zero-order chi connectivity index (χ0) is 19.1. The van der Waals surface area contributed by atoms with Crippen molar-refractivity contribution in [3.8, 4) is 5.75 Å². The molecule has 0 saturated heterocycles. The maximum absolute atomic E-state index is 11.8. The number of nitrogens with one attached hydrogen (secondary N) is 3. The number of nitrogens with zero attached hydrogens (tertiary/aromatic N) is 1. The summed E-state index contributed by atoms with van der Waals surface area (Å²) < 4.78 is 5.31. The SMILES string of the molecule is O=C(CNC(=O)COc1ccc(Cl)cc1)NCCc1nc2ccccc2[nH]1. The highest BCUT2D eigenvalue weighted by molar-refractivity contribution is 6.30. The fraction of sp³-hybridized carbons (Fsp3) is 0.211. The van der Waals surface area contributed by atoms with Gasteiger partial charge in [-0.2, -0.15) is 0 Å². The maximum Gasteiger partial charge on any atom is 0.258 e. The number of rotatable bonds is 8. The summed E-state index contributed by atoms with van der Waals surface area (Å²) >= 11 is 5.78. The Morgan fingerprint density at radius 1 is 1.04 bits per heavy atom. The summed E-state index contributed by atoms with van der Waals surface area (Å²) in [6.07, 6.45) is 0.577. The van der Waals surface area contributed by atoms with Crippen LogP contribution in [0, 0.1) is 0 Å². The smallest absolute Gasteiger partial charge is 0.258 e. The molecular weight excluding hydrogens is 368 g/mol. The first kappa shape index (κ1) is 18.7. The first-order valence-corrected chi connectivity index (χ1v) is 8.83. The van der Waals surface area contributed by atoms with E-state index in [0.717, 1.165) is 16.9 Å². The van der Waals surface area contributed by atoms with E-state index in [-0.39, 0.29) is 25.0 Å². The van der Waals surface area contributed by atoms with Crippen LogP contribution < -0.4 is 15.4 Å². The predicted octanol–water partition coefficient (Wildman–Crippen LogP) is 2.07. The van der Waals surface area contributed by atoms with E-state index in [4.69, 9.17) is 16.3 Å². The first-order chi connectivity index (χ1) is 13.1. The molecule has 1 aromatic heterocycles. The molecule has 0 spiro atoms. The molecule has 8 heteroatoms. The van der Waals surface area contributed by atoms with Gasteiger partial charge in [0.2, 0.25) is 5.91 Å². The van der Waals surface area contributed by atoms with Gasteiger partial charge in [-0.1, -0.05) is 23.7 Å². The number of benzene rings is 2. The molecule has 3 N–H and O–H groups in total. The number of hydrogen-bond donors (Lipinski definition) is 3. The largest absolute Gasteiger partial charge is 0.484 e. The number of imidazole rings is 1. The Kier molecular flexibility index (Phi) is 6.27. The number of amides is 2.